The van der Waals surface area contributed by atoms with Gasteiger partial charge in [-0.2, -0.15) is 0 Å². The molecule has 0 aromatic heterocycles. The van der Waals surface area contributed by atoms with E-state index in [1.807, 2.05) is 0 Å². The molecular formula is C13H28N2O. The number of rotatable bonds is 7. The van der Waals surface area contributed by atoms with Crippen molar-refractivity contribution in [3.63, 3.8) is 0 Å². The van der Waals surface area contributed by atoms with Gasteiger partial charge in [0.1, 0.15) is 0 Å². The summed E-state index contributed by atoms with van der Waals surface area (Å²) >= 11 is 0. The SMILES string of the molecule is CCCNCC(CC)N1CCOC(CC)C1. The van der Waals surface area contributed by atoms with Gasteiger partial charge in [-0.15, -0.1) is 0 Å². The molecule has 96 valence electrons. The first-order chi connectivity index (χ1) is 7.81. The Labute approximate surface area is 101 Å². The second-order valence-corrected chi connectivity index (χ2v) is 4.66. The zero-order valence-corrected chi connectivity index (χ0v) is 11.2. The molecule has 1 N–H and O–H groups in total. The topological polar surface area (TPSA) is 24.5 Å². The first-order valence-corrected chi connectivity index (χ1v) is 6.88. The summed E-state index contributed by atoms with van der Waals surface area (Å²) in [4.78, 5) is 2.60. The molecule has 1 rings (SSSR count). The Balaban J connectivity index is 2.32. The Morgan fingerprint density at radius 3 is 2.81 bits per heavy atom. The normalized spacial score (nSPS) is 24.6. The third kappa shape index (κ3) is 4.40. The quantitative estimate of drug-likeness (QED) is 0.673. The van der Waals surface area contributed by atoms with Gasteiger partial charge in [0.05, 0.1) is 12.7 Å². The third-order valence-electron chi connectivity index (χ3n) is 3.42. The van der Waals surface area contributed by atoms with Gasteiger partial charge in [0.25, 0.3) is 0 Å². The zero-order valence-electron chi connectivity index (χ0n) is 11.2. The molecule has 2 atom stereocenters. The van der Waals surface area contributed by atoms with Crippen molar-refractivity contribution >= 4 is 0 Å². The van der Waals surface area contributed by atoms with E-state index in [-0.39, 0.29) is 0 Å². The fraction of sp³-hybridized carbons (Fsp3) is 1.00. The minimum Gasteiger partial charge on any atom is -0.376 e. The summed E-state index contributed by atoms with van der Waals surface area (Å²) in [7, 11) is 0. The number of hydrogen-bond acceptors (Lipinski definition) is 3. The maximum atomic E-state index is 5.72. The van der Waals surface area contributed by atoms with Crippen molar-refractivity contribution in [2.24, 2.45) is 0 Å². The van der Waals surface area contributed by atoms with Crippen molar-refractivity contribution in [1.82, 2.24) is 10.2 Å². The lowest BCUT2D eigenvalue weighted by atomic mass is 10.1. The molecule has 0 bridgehead atoms. The van der Waals surface area contributed by atoms with Crippen molar-refractivity contribution in [3.8, 4) is 0 Å². The number of nitrogens with one attached hydrogen (secondary N) is 1. The average molecular weight is 228 g/mol. The molecule has 0 radical (unpaired) electrons. The van der Waals surface area contributed by atoms with Gasteiger partial charge in [-0.3, -0.25) is 4.90 Å². The largest absolute Gasteiger partial charge is 0.376 e. The van der Waals surface area contributed by atoms with Crippen LogP contribution in [0.15, 0.2) is 0 Å². The Hall–Kier alpha value is -0.120. The molecule has 1 saturated heterocycles. The van der Waals surface area contributed by atoms with Crippen molar-refractivity contribution < 1.29 is 4.74 Å². The van der Waals surface area contributed by atoms with Gasteiger partial charge in [0, 0.05) is 25.7 Å². The highest BCUT2D eigenvalue weighted by Crippen LogP contribution is 2.13. The van der Waals surface area contributed by atoms with Crippen molar-refractivity contribution in [1.29, 1.82) is 0 Å². The van der Waals surface area contributed by atoms with Crippen LogP contribution in [0.2, 0.25) is 0 Å². The number of morpholine rings is 1. The van der Waals surface area contributed by atoms with Crippen LogP contribution in [0.25, 0.3) is 0 Å². The van der Waals surface area contributed by atoms with E-state index in [1.54, 1.807) is 0 Å². The highest BCUT2D eigenvalue weighted by atomic mass is 16.5. The third-order valence-corrected chi connectivity index (χ3v) is 3.42. The summed E-state index contributed by atoms with van der Waals surface area (Å²) in [5.41, 5.74) is 0. The number of hydrogen-bond donors (Lipinski definition) is 1. The Kier molecular flexibility index (Phi) is 7.01. The molecule has 0 aliphatic carbocycles. The van der Waals surface area contributed by atoms with Crippen LogP contribution in [0.4, 0.5) is 0 Å². The monoisotopic (exact) mass is 228 g/mol. The molecule has 0 amide bonds. The van der Waals surface area contributed by atoms with E-state index in [0.29, 0.717) is 12.1 Å². The van der Waals surface area contributed by atoms with Crippen LogP contribution in [0, 0.1) is 0 Å². The van der Waals surface area contributed by atoms with Crippen LogP contribution in [0.5, 0.6) is 0 Å². The average Bonchev–Trinajstić information content (AvgIpc) is 2.35. The molecule has 3 nitrogen and oxygen atoms in total. The fourth-order valence-electron chi connectivity index (χ4n) is 2.30. The molecule has 3 heteroatoms. The van der Waals surface area contributed by atoms with Crippen LogP contribution in [0.1, 0.15) is 40.0 Å². The predicted molar refractivity (Wildman–Crippen MR) is 68.8 cm³/mol. The van der Waals surface area contributed by atoms with Crippen molar-refractivity contribution in [2.75, 3.05) is 32.8 Å². The van der Waals surface area contributed by atoms with Gasteiger partial charge in [0.15, 0.2) is 0 Å². The minimum atomic E-state index is 0.453. The summed E-state index contributed by atoms with van der Waals surface area (Å²) < 4.78 is 5.72. The lowest BCUT2D eigenvalue weighted by Crippen LogP contribution is -2.50. The molecule has 1 fully saturated rings. The second kappa shape index (κ2) is 8.04. The van der Waals surface area contributed by atoms with Gasteiger partial charge < -0.3 is 10.1 Å². The molecule has 1 aliphatic heterocycles. The maximum Gasteiger partial charge on any atom is 0.0700 e. The minimum absolute atomic E-state index is 0.453. The summed E-state index contributed by atoms with van der Waals surface area (Å²) in [5.74, 6) is 0. The lowest BCUT2D eigenvalue weighted by Gasteiger charge is -2.38. The van der Waals surface area contributed by atoms with Gasteiger partial charge in [-0.25, -0.2) is 0 Å². The summed E-state index contributed by atoms with van der Waals surface area (Å²) in [6.07, 6.45) is 4.04. The second-order valence-electron chi connectivity index (χ2n) is 4.66. The highest BCUT2D eigenvalue weighted by Gasteiger charge is 2.23. The van der Waals surface area contributed by atoms with Gasteiger partial charge >= 0.3 is 0 Å². The Bertz CT molecular complexity index is 175. The first-order valence-electron chi connectivity index (χ1n) is 6.88. The van der Waals surface area contributed by atoms with E-state index in [0.717, 1.165) is 39.2 Å². The van der Waals surface area contributed by atoms with Gasteiger partial charge in [0.2, 0.25) is 0 Å². The van der Waals surface area contributed by atoms with Crippen LogP contribution in [0.3, 0.4) is 0 Å². The fourth-order valence-corrected chi connectivity index (χ4v) is 2.30. The molecule has 1 aliphatic rings. The Morgan fingerprint density at radius 1 is 1.38 bits per heavy atom. The molecule has 1 heterocycles. The number of ether oxygens (including phenoxy) is 1. The van der Waals surface area contributed by atoms with Crippen LogP contribution in [-0.4, -0.2) is 49.8 Å². The molecule has 0 spiro atoms. The van der Waals surface area contributed by atoms with Gasteiger partial charge in [-0.1, -0.05) is 20.8 Å². The molecule has 0 aromatic rings. The van der Waals surface area contributed by atoms with Crippen LogP contribution >= 0.6 is 0 Å². The maximum absolute atomic E-state index is 5.72. The summed E-state index contributed by atoms with van der Waals surface area (Å²) in [5, 5.41) is 3.53. The van der Waals surface area contributed by atoms with E-state index in [2.05, 4.69) is 31.0 Å². The lowest BCUT2D eigenvalue weighted by molar-refractivity contribution is -0.0445. The van der Waals surface area contributed by atoms with E-state index in [4.69, 9.17) is 4.74 Å². The first kappa shape index (κ1) is 13.9. The van der Waals surface area contributed by atoms with Crippen molar-refractivity contribution in [2.45, 2.75) is 52.2 Å². The summed E-state index contributed by atoms with van der Waals surface area (Å²) in [6.45, 7) is 12.1. The van der Waals surface area contributed by atoms with Crippen LogP contribution in [-0.2, 0) is 4.74 Å². The number of nitrogens with zero attached hydrogens (tertiary/aromatic N) is 1. The summed E-state index contributed by atoms with van der Waals surface area (Å²) in [6, 6.07) is 0.685. The molecule has 0 saturated carbocycles. The molecule has 0 aromatic carbocycles. The van der Waals surface area contributed by atoms with E-state index >= 15 is 0 Å². The highest BCUT2D eigenvalue weighted by molar-refractivity contribution is 4.78. The van der Waals surface area contributed by atoms with E-state index < -0.39 is 0 Å². The molecule has 16 heavy (non-hydrogen) atoms. The van der Waals surface area contributed by atoms with Crippen LogP contribution < -0.4 is 5.32 Å². The van der Waals surface area contributed by atoms with E-state index in [1.165, 1.54) is 12.8 Å². The predicted octanol–water partition coefficient (Wildman–Crippen LogP) is 1.88. The van der Waals surface area contributed by atoms with Crippen molar-refractivity contribution in [3.05, 3.63) is 0 Å². The van der Waals surface area contributed by atoms with E-state index in [9.17, 15) is 0 Å². The van der Waals surface area contributed by atoms with Gasteiger partial charge in [-0.05, 0) is 25.8 Å². The zero-order chi connectivity index (χ0) is 11.8. The smallest absolute Gasteiger partial charge is 0.0700 e. The Morgan fingerprint density at radius 2 is 2.19 bits per heavy atom. The molecule has 2 unspecified atom stereocenters. The standard InChI is InChI=1S/C13H28N2O/c1-4-7-14-10-12(5-2)15-8-9-16-13(6-3)11-15/h12-14H,4-11H2,1-3H3. The molecular weight excluding hydrogens is 200 g/mol.